The lowest BCUT2D eigenvalue weighted by atomic mass is 10.2. The van der Waals surface area contributed by atoms with Crippen LogP contribution in [0, 0.1) is 0 Å². The second-order valence-corrected chi connectivity index (χ2v) is 10.1. The first kappa shape index (κ1) is 17.5. The molecular weight excluding hydrogens is 313 g/mol. The molecule has 0 saturated carbocycles. The lowest BCUT2D eigenvalue weighted by molar-refractivity contribution is 0.215. The molecule has 0 heterocycles. The number of benzene rings is 1. The lowest BCUT2D eigenvalue weighted by Gasteiger charge is -2.21. The molecule has 0 amide bonds. The summed E-state index contributed by atoms with van der Waals surface area (Å²) in [6, 6.07) is 7.52. The molecule has 1 unspecified atom stereocenters. The highest BCUT2D eigenvalue weighted by Crippen LogP contribution is 2.60. The van der Waals surface area contributed by atoms with Crippen molar-refractivity contribution < 1.29 is 13.9 Å². The maximum absolute atomic E-state index is 5.89. The number of hydrogen-bond donors (Lipinski definition) is 0. The van der Waals surface area contributed by atoms with Gasteiger partial charge in [0.1, 0.15) is 12.9 Å². The molecule has 0 bridgehead atoms. The van der Waals surface area contributed by atoms with Crippen molar-refractivity contribution in [1.29, 1.82) is 0 Å². The number of oxime groups is 1. The van der Waals surface area contributed by atoms with E-state index >= 15 is 0 Å². The molecule has 4 nitrogen and oxygen atoms in total. The van der Waals surface area contributed by atoms with Crippen molar-refractivity contribution in [3.63, 3.8) is 0 Å². The Balaban J connectivity index is 2.73. The van der Waals surface area contributed by atoms with Gasteiger partial charge >= 0.3 is 0 Å². The fourth-order valence-electron chi connectivity index (χ4n) is 1.31. The summed E-state index contributed by atoms with van der Waals surface area (Å²) in [7, 11) is 1.51. The van der Waals surface area contributed by atoms with Crippen LogP contribution < -0.4 is 4.52 Å². The van der Waals surface area contributed by atoms with Crippen LogP contribution >= 0.6 is 17.1 Å². The van der Waals surface area contributed by atoms with E-state index in [0.717, 1.165) is 23.5 Å². The Morgan fingerprint density at radius 2 is 2.00 bits per heavy atom. The summed E-state index contributed by atoms with van der Waals surface area (Å²) in [4.78, 5) is 4.64. The van der Waals surface area contributed by atoms with Crippen LogP contribution in [0.5, 0.6) is 5.75 Å². The van der Waals surface area contributed by atoms with E-state index in [1.165, 1.54) is 7.11 Å². The summed E-state index contributed by atoms with van der Waals surface area (Å²) in [6.45, 7) is 4.61. The molecular formula is C13H20NO3PS2. The van der Waals surface area contributed by atoms with Crippen LogP contribution in [0.2, 0.25) is 0 Å². The third kappa shape index (κ3) is 6.27. The summed E-state index contributed by atoms with van der Waals surface area (Å²) in [5.41, 5.74) is -1.37. The van der Waals surface area contributed by atoms with Crippen LogP contribution in [0.15, 0.2) is 29.4 Å². The van der Waals surface area contributed by atoms with E-state index in [9.17, 15) is 0 Å². The second kappa shape index (κ2) is 9.40. The van der Waals surface area contributed by atoms with Crippen LogP contribution in [0.3, 0.4) is 0 Å². The smallest absolute Gasteiger partial charge is 0.297 e. The maximum atomic E-state index is 5.89. The summed E-state index contributed by atoms with van der Waals surface area (Å²) < 4.78 is 11.5. The van der Waals surface area contributed by atoms with Crippen molar-refractivity contribution in [2.24, 2.45) is 5.16 Å². The van der Waals surface area contributed by atoms with Crippen molar-refractivity contribution in [3.05, 3.63) is 29.8 Å². The summed E-state index contributed by atoms with van der Waals surface area (Å²) >= 11 is 7.13. The third-order valence-corrected chi connectivity index (χ3v) is 7.59. The zero-order chi connectivity index (χ0) is 14.8. The van der Waals surface area contributed by atoms with Gasteiger partial charge < -0.3 is 13.9 Å². The highest BCUT2D eigenvalue weighted by atomic mass is 32.9. The molecule has 20 heavy (non-hydrogen) atoms. The summed E-state index contributed by atoms with van der Waals surface area (Å²) in [6.07, 6.45) is 2.68. The Labute approximate surface area is 129 Å². The highest BCUT2D eigenvalue weighted by molar-refractivity contribution is 8.68. The summed E-state index contributed by atoms with van der Waals surface area (Å²) in [5, 5.41) is 3.71. The largest absolute Gasteiger partial charge is 0.436 e. The molecule has 0 aromatic heterocycles. The zero-order valence-electron chi connectivity index (χ0n) is 11.9. The molecule has 1 aromatic carbocycles. The minimum absolute atomic E-state index is 0.562. The van der Waals surface area contributed by atoms with E-state index < -0.39 is 5.69 Å². The number of hydrogen-bond acceptors (Lipinski definition) is 6. The first-order chi connectivity index (χ1) is 9.63. The fraction of sp³-hybridized carbons (Fsp3) is 0.462. The van der Waals surface area contributed by atoms with Crippen molar-refractivity contribution in [2.75, 3.05) is 19.5 Å². The number of nitrogens with zero attached hydrogens (tertiary/aromatic N) is 1. The van der Waals surface area contributed by atoms with Crippen molar-refractivity contribution in [2.45, 2.75) is 20.3 Å². The lowest BCUT2D eigenvalue weighted by Crippen LogP contribution is -1.96. The Hall–Kier alpha value is -0.550. The molecule has 7 heteroatoms. The van der Waals surface area contributed by atoms with Crippen LogP contribution in [-0.2, 0) is 21.2 Å². The predicted octanol–water partition coefficient (Wildman–Crippen LogP) is 4.45. The molecule has 0 radical (unpaired) electrons. The van der Waals surface area contributed by atoms with Gasteiger partial charge in [-0.25, -0.2) is 0 Å². The Kier molecular flexibility index (Phi) is 8.22. The van der Waals surface area contributed by atoms with Gasteiger partial charge in [-0.15, -0.1) is 0 Å². The summed E-state index contributed by atoms with van der Waals surface area (Å²) in [5.74, 6) is 1.66. The number of rotatable bonds is 9. The highest BCUT2D eigenvalue weighted by Gasteiger charge is 2.20. The SMILES string of the molecule is CCCSP(=S)(OCC)Oc1ccc(C=NOC)cc1. The van der Waals surface area contributed by atoms with Gasteiger partial charge in [-0.05, 0) is 55.0 Å². The van der Waals surface area contributed by atoms with E-state index in [1.807, 2.05) is 31.2 Å². The molecule has 0 saturated heterocycles. The third-order valence-electron chi connectivity index (χ3n) is 2.15. The Morgan fingerprint density at radius 1 is 1.30 bits per heavy atom. The first-order valence-electron chi connectivity index (χ1n) is 6.39. The van der Waals surface area contributed by atoms with Gasteiger partial charge in [-0.3, -0.25) is 0 Å². The Morgan fingerprint density at radius 3 is 2.55 bits per heavy atom. The van der Waals surface area contributed by atoms with Crippen LogP contribution in [0.4, 0.5) is 0 Å². The van der Waals surface area contributed by atoms with Gasteiger partial charge in [0.05, 0.1) is 12.8 Å². The van der Waals surface area contributed by atoms with Gasteiger partial charge in [0.15, 0.2) is 0 Å². The first-order valence-corrected chi connectivity index (χ1v) is 10.6. The van der Waals surface area contributed by atoms with Crippen LogP contribution in [0.1, 0.15) is 25.8 Å². The average molecular weight is 333 g/mol. The average Bonchev–Trinajstić information content (AvgIpc) is 2.45. The molecule has 0 N–H and O–H groups in total. The minimum atomic E-state index is -2.30. The van der Waals surface area contributed by atoms with Gasteiger partial charge in [-0.2, -0.15) is 0 Å². The van der Waals surface area contributed by atoms with Crippen LogP contribution in [-0.4, -0.2) is 25.7 Å². The molecule has 0 fully saturated rings. The fourth-order valence-corrected chi connectivity index (χ4v) is 6.01. The molecule has 1 atom stereocenters. The molecule has 0 spiro atoms. The van der Waals surface area contributed by atoms with Gasteiger partial charge in [0.2, 0.25) is 0 Å². The molecule has 1 rings (SSSR count). The minimum Gasteiger partial charge on any atom is -0.436 e. The van der Waals surface area contributed by atoms with Gasteiger partial charge in [0.25, 0.3) is 5.69 Å². The molecule has 0 aliphatic carbocycles. The quantitative estimate of drug-likeness (QED) is 0.379. The maximum Gasteiger partial charge on any atom is 0.297 e. The molecule has 0 aliphatic rings. The van der Waals surface area contributed by atoms with E-state index in [4.69, 9.17) is 20.9 Å². The van der Waals surface area contributed by atoms with Crippen molar-refractivity contribution in [1.82, 2.24) is 0 Å². The van der Waals surface area contributed by atoms with Crippen LogP contribution in [0.25, 0.3) is 0 Å². The van der Waals surface area contributed by atoms with Gasteiger partial charge in [0, 0.05) is 5.75 Å². The van der Waals surface area contributed by atoms with E-state index in [2.05, 4.69) is 16.9 Å². The normalized spacial score (nSPS) is 14.2. The van der Waals surface area contributed by atoms with E-state index in [0.29, 0.717) is 6.61 Å². The second-order valence-electron chi connectivity index (χ2n) is 3.78. The van der Waals surface area contributed by atoms with Crippen molar-refractivity contribution >= 4 is 35.1 Å². The predicted molar refractivity (Wildman–Crippen MR) is 90.3 cm³/mol. The topological polar surface area (TPSA) is 40.0 Å². The molecule has 1 aromatic rings. The Bertz CT molecular complexity index is 465. The standard InChI is InChI=1S/C13H20NO3PS2/c1-4-10-20-18(19,16-5-2)17-13-8-6-12(7-9-13)11-14-15-3/h6-9,11H,4-5,10H2,1-3H3. The molecule has 0 aliphatic heterocycles. The molecule has 112 valence electrons. The van der Waals surface area contributed by atoms with Gasteiger partial charge in [-0.1, -0.05) is 23.5 Å². The van der Waals surface area contributed by atoms with E-state index in [-0.39, 0.29) is 0 Å². The zero-order valence-corrected chi connectivity index (χ0v) is 14.5. The van der Waals surface area contributed by atoms with E-state index in [1.54, 1.807) is 17.6 Å². The van der Waals surface area contributed by atoms with Crippen molar-refractivity contribution in [3.8, 4) is 5.75 Å². The monoisotopic (exact) mass is 333 g/mol.